The Bertz CT molecular complexity index is 677. The summed E-state index contributed by atoms with van der Waals surface area (Å²) >= 11 is 0. The van der Waals surface area contributed by atoms with Crippen molar-refractivity contribution in [3.05, 3.63) is 53.6 Å². The van der Waals surface area contributed by atoms with Gasteiger partial charge in [0.05, 0.1) is 18.4 Å². The largest absolute Gasteiger partial charge is 0.493 e. The monoisotopic (exact) mass is 311 g/mol. The van der Waals surface area contributed by atoms with Crippen LogP contribution in [0.1, 0.15) is 16.8 Å². The Morgan fingerprint density at radius 2 is 2.22 bits per heavy atom. The molecule has 0 spiro atoms. The van der Waals surface area contributed by atoms with Gasteiger partial charge in [-0.25, -0.2) is 0 Å². The van der Waals surface area contributed by atoms with E-state index in [0.717, 1.165) is 50.5 Å². The molecule has 1 aromatic heterocycles. The molecule has 5 heteroatoms. The number of rotatable bonds is 4. The van der Waals surface area contributed by atoms with Gasteiger partial charge in [-0.05, 0) is 23.6 Å². The summed E-state index contributed by atoms with van der Waals surface area (Å²) in [5.41, 5.74) is 3.55. The third-order valence-corrected chi connectivity index (χ3v) is 4.73. The van der Waals surface area contributed by atoms with Gasteiger partial charge in [-0.2, -0.15) is 0 Å². The Morgan fingerprint density at radius 1 is 1.26 bits per heavy atom. The maximum Gasteiger partial charge on any atom is 0.122 e. The number of hydrogen-bond acceptors (Lipinski definition) is 5. The summed E-state index contributed by atoms with van der Waals surface area (Å²) < 4.78 is 5.56. The zero-order valence-corrected chi connectivity index (χ0v) is 13.1. The number of nitrogens with zero attached hydrogens (tertiary/aromatic N) is 3. The number of fused-ring (bicyclic) bond motifs is 1. The lowest BCUT2D eigenvalue weighted by Crippen LogP contribution is -2.21. The third kappa shape index (κ3) is 3.21. The van der Waals surface area contributed by atoms with Crippen LogP contribution in [0, 0.1) is 5.92 Å². The standard InChI is InChI=1S/C18H21N3O2/c22-17-12-21(11-15(17)8-16-9-19-4-5-20-16)10-13-1-2-18-14(7-13)3-6-23-18/h1-2,4-5,7,9,15,17,22H,3,6,8,10-12H2/t15-,17-/m1/s1. The fourth-order valence-electron chi connectivity index (χ4n) is 3.57. The number of aliphatic hydroxyl groups excluding tert-OH is 1. The summed E-state index contributed by atoms with van der Waals surface area (Å²) in [5, 5.41) is 10.3. The van der Waals surface area contributed by atoms with E-state index in [9.17, 15) is 5.11 Å². The summed E-state index contributed by atoms with van der Waals surface area (Å²) in [6, 6.07) is 6.44. The molecule has 5 nitrogen and oxygen atoms in total. The molecule has 1 aromatic carbocycles. The molecule has 0 saturated carbocycles. The quantitative estimate of drug-likeness (QED) is 0.926. The highest BCUT2D eigenvalue weighted by Gasteiger charge is 2.31. The van der Waals surface area contributed by atoms with E-state index < -0.39 is 0 Å². The van der Waals surface area contributed by atoms with Crippen LogP contribution in [0.15, 0.2) is 36.8 Å². The molecule has 4 rings (SSSR count). The molecular weight excluding hydrogens is 290 g/mol. The smallest absolute Gasteiger partial charge is 0.122 e. The number of benzene rings is 1. The minimum absolute atomic E-state index is 0.226. The Kier molecular flexibility index (Phi) is 3.97. The molecule has 3 heterocycles. The Labute approximate surface area is 136 Å². The van der Waals surface area contributed by atoms with Crippen molar-refractivity contribution in [2.75, 3.05) is 19.7 Å². The molecular formula is C18H21N3O2. The first-order valence-corrected chi connectivity index (χ1v) is 8.18. The van der Waals surface area contributed by atoms with Gasteiger partial charge in [0, 0.05) is 50.6 Å². The van der Waals surface area contributed by atoms with Crippen LogP contribution in [0.4, 0.5) is 0 Å². The fraction of sp³-hybridized carbons (Fsp3) is 0.444. The predicted octanol–water partition coefficient (Wildman–Crippen LogP) is 1.45. The average Bonchev–Trinajstić information content (AvgIpc) is 3.15. The first kappa shape index (κ1) is 14.6. The highest BCUT2D eigenvalue weighted by Crippen LogP contribution is 2.28. The molecule has 120 valence electrons. The Hall–Kier alpha value is -1.98. The van der Waals surface area contributed by atoms with Gasteiger partial charge in [-0.15, -0.1) is 0 Å². The van der Waals surface area contributed by atoms with Crippen molar-refractivity contribution in [2.24, 2.45) is 5.92 Å². The van der Waals surface area contributed by atoms with Gasteiger partial charge in [0.1, 0.15) is 5.75 Å². The van der Waals surface area contributed by atoms with Gasteiger partial charge in [0.2, 0.25) is 0 Å². The molecule has 0 unspecified atom stereocenters. The van der Waals surface area contributed by atoms with Gasteiger partial charge in [-0.1, -0.05) is 12.1 Å². The lowest BCUT2D eigenvalue weighted by atomic mass is 10.0. The second-order valence-corrected chi connectivity index (χ2v) is 6.46. The molecule has 1 N–H and O–H groups in total. The first-order valence-electron chi connectivity index (χ1n) is 8.18. The van der Waals surface area contributed by atoms with Crippen molar-refractivity contribution >= 4 is 0 Å². The number of aromatic nitrogens is 2. The minimum atomic E-state index is -0.297. The van der Waals surface area contributed by atoms with Crippen LogP contribution in [-0.2, 0) is 19.4 Å². The molecule has 2 aliphatic heterocycles. The van der Waals surface area contributed by atoms with E-state index in [-0.39, 0.29) is 12.0 Å². The van der Waals surface area contributed by atoms with Gasteiger partial charge in [0.25, 0.3) is 0 Å². The normalized spacial score (nSPS) is 23.7. The van der Waals surface area contributed by atoms with Crippen molar-refractivity contribution in [3.63, 3.8) is 0 Å². The number of likely N-dealkylation sites (tertiary alicyclic amines) is 1. The van der Waals surface area contributed by atoms with Crippen molar-refractivity contribution in [3.8, 4) is 5.75 Å². The van der Waals surface area contributed by atoms with Gasteiger partial charge in [-0.3, -0.25) is 14.9 Å². The van der Waals surface area contributed by atoms with Crippen LogP contribution in [0.3, 0.4) is 0 Å². The van der Waals surface area contributed by atoms with Crippen LogP contribution in [0.25, 0.3) is 0 Å². The highest BCUT2D eigenvalue weighted by molar-refractivity contribution is 5.39. The summed E-state index contributed by atoms with van der Waals surface area (Å²) in [4.78, 5) is 10.7. The van der Waals surface area contributed by atoms with Crippen LogP contribution in [0.5, 0.6) is 5.75 Å². The molecule has 0 radical (unpaired) electrons. The molecule has 2 aliphatic rings. The van der Waals surface area contributed by atoms with E-state index in [1.54, 1.807) is 18.6 Å². The predicted molar refractivity (Wildman–Crippen MR) is 86.2 cm³/mol. The van der Waals surface area contributed by atoms with Crippen LogP contribution < -0.4 is 4.74 Å². The average molecular weight is 311 g/mol. The molecule has 0 bridgehead atoms. The van der Waals surface area contributed by atoms with Crippen LogP contribution >= 0.6 is 0 Å². The number of aliphatic hydroxyl groups is 1. The Morgan fingerprint density at radius 3 is 3.09 bits per heavy atom. The maximum atomic E-state index is 10.3. The molecule has 1 saturated heterocycles. The van der Waals surface area contributed by atoms with Crippen molar-refractivity contribution in [1.82, 2.24) is 14.9 Å². The van der Waals surface area contributed by atoms with Crippen LogP contribution in [-0.4, -0.2) is 45.8 Å². The lowest BCUT2D eigenvalue weighted by Gasteiger charge is -2.16. The topological polar surface area (TPSA) is 58.5 Å². The number of ether oxygens (including phenoxy) is 1. The molecule has 0 amide bonds. The van der Waals surface area contributed by atoms with Crippen LogP contribution in [0.2, 0.25) is 0 Å². The SMILES string of the molecule is O[C@@H]1CN(Cc2ccc3c(c2)CCO3)C[C@H]1Cc1cnccn1. The Balaban J connectivity index is 1.39. The molecule has 2 aromatic rings. The molecule has 1 fully saturated rings. The highest BCUT2D eigenvalue weighted by atomic mass is 16.5. The summed E-state index contributed by atoms with van der Waals surface area (Å²) in [5.74, 6) is 1.25. The lowest BCUT2D eigenvalue weighted by molar-refractivity contribution is 0.140. The van der Waals surface area contributed by atoms with E-state index in [0.29, 0.717) is 0 Å². The third-order valence-electron chi connectivity index (χ3n) is 4.73. The maximum absolute atomic E-state index is 10.3. The molecule has 23 heavy (non-hydrogen) atoms. The molecule has 0 aliphatic carbocycles. The summed E-state index contributed by atoms with van der Waals surface area (Å²) in [6.45, 7) is 3.28. The van der Waals surface area contributed by atoms with Gasteiger partial charge < -0.3 is 9.84 Å². The van der Waals surface area contributed by atoms with E-state index in [4.69, 9.17) is 4.74 Å². The number of hydrogen-bond donors (Lipinski definition) is 1. The zero-order chi connectivity index (χ0) is 15.6. The van der Waals surface area contributed by atoms with E-state index >= 15 is 0 Å². The van der Waals surface area contributed by atoms with Crippen molar-refractivity contribution < 1.29 is 9.84 Å². The van der Waals surface area contributed by atoms with Crippen molar-refractivity contribution in [1.29, 1.82) is 0 Å². The van der Waals surface area contributed by atoms with E-state index in [1.807, 2.05) is 0 Å². The summed E-state index contributed by atoms with van der Waals surface area (Å²) in [7, 11) is 0. The first-order chi connectivity index (χ1) is 11.3. The summed E-state index contributed by atoms with van der Waals surface area (Å²) in [6.07, 6.45) is 6.66. The second kappa shape index (κ2) is 6.26. The fourth-order valence-corrected chi connectivity index (χ4v) is 3.57. The minimum Gasteiger partial charge on any atom is -0.493 e. The second-order valence-electron chi connectivity index (χ2n) is 6.46. The van der Waals surface area contributed by atoms with Crippen molar-refractivity contribution in [2.45, 2.75) is 25.5 Å². The zero-order valence-electron chi connectivity index (χ0n) is 13.1. The number of β-amino-alcohol motifs (C(OH)–C–C–N with tert-alkyl or cyclic N) is 1. The van der Waals surface area contributed by atoms with E-state index in [2.05, 4.69) is 33.1 Å². The molecule has 2 atom stereocenters. The van der Waals surface area contributed by atoms with E-state index in [1.165, 1.54) is 11.1 Å². The van der Waals surface area contributed by atoms with Gasteiger partial charge >= 0.3 is 0 Å². The van der Waals surface area contributed by atoms with Gasteiger partial charge in [0.15, 0.2) is 0 Å².